The summed E-state index contributed by atoms with van der Waals surface area (Å²) in [6, 6.07) is 1.69. The number of rotatable bonds is 1. The van der Waals surface area contributed by atoms with Gasteiger partial charge in [-0.2, -0.15) is 0 Å². The topological polar surface area (TPSA) is 78.6 Å². The predicted octanol–water partition coefficient (Wildman–Crippen LogP) is 0.489. The van der Waals surface area contributed by atoms with Crippen molar-refractivity contribution in [3.63, 3.8) is 0 Å². The number of aromatic amines is 2. The zero-order valence-corrected chi connectivity index (χ0v) is 7.91. The monoisotopic (exact) mass is 203 g/mol. The van der Waals surface area contributed by atoms with Crippen LogP contribution >= 0.6 is 0 Å². The molecule has 0 aromatic carbocycles. The summed E-state index contributed by atoms with van der Waals surface area (Å²) in [4.78, 5) is 31.7. The summed E-state index contributed by atoms with van der Waals surface area (Å²) in [6.45, 7) is 0. The van der Waals surface area contributed by atoms with E-state index >= 15 is 0 Å². The fraction of sp³-hybridized carbons (Fsp3) is 0.300. The molecule has 0 saturated heterocycles. The molecule has 3 rings (SSSR count). The number of H-pyrrole nitrogens is 2. The van der Waals surface area contributed by atoms with Gasteiger partial charge in [0.2, 0.25) is 0 Å². The van der Waals surface area contributed by atoms with Crippen molar-refractivity contribution in [2.24, 2.45) is 0 Å². The smallest absolute Gasteiger partial charge is 0.314 e. The van der Waals surface area contributed by atoms with Gasteiger partial charge in [-0.3, -0.25) is 14.6 Å². The minimum Gasteiger partial charge on any atom is -0.316 e. The van der Waals surface area contributed by atoms with Crippen LogP contribution in [0.5, 0.6) is 0 Å². The second-order valence-electron chi connectivity index (χ2n) is 3.80. The first kappa shape index (κ1) is 8.40. The van der Waals surface area contributed by atoms with Crippen molar-refractivity contribution in [1.82, 2.24) is 15.0 Å². The summed E-state index contributed by atoms with van der Waals surface area (Å²) in [7, 11) is 0. The number of hydrogen-bond acceptors (Lipinski definition) is 3. The Morgan fingerprint density at radius 2 is 1.93 bits per heavy atom. The van der Waals surface area contributed by atoms with Gasteiger partial charge >= 0.3 is 11.1 Å². The van der Waals surface area contributed by atoms with Crippen LogP contribution in [0.4, 0.5) is 0 Å². The van der Waals surface area contributed by atoms with Gasteiger partial charge in [0.15, 0.2) is 0 Å². The van der Waals surface area contributed by atoms with Gasteiger partial charge in [-0.25, -0.2) is 0 Å². The van der Waals surface area contributed by atoms with E-state index in [2.05, 4.69) is 15.0 Å². The summed E-state index contributed by atoms with van der Waals surface area (Å²) in [5.41, 5.74) is 0.981. The average molecular weight is 203 g/mol. The molecule has 1 fully saturated rings. The zero-order chi connectivity index (χ0) is 10.4. The number of fused-ring (bicyclic) bond motifs is 1. The van der Waals surface area contributed by atoms with E-state index in [-0.39, 0.29) is 0 Å². The minimum absolute atomic E-state index is 0.440. The molecule has 2 aromatic heterocycles. The number of hydrogen-bond donors (Lipinski definition) is 2. The van der Waals surface area contributed by atoms with E-state index < -0.39 is 11.1 Å². The van der Waals surface area contributed by atoms with Gasteiger partial charge in [-0.15, -0.1) is 0 Å². The molecule has 0 spiro atoms. The molecule has 0 atom stereocenters. The number of aromatic nitrogens is 3. The van der Waals surface area contributed by atoms with Crippen LogP contribution in [-0.2, 0) is 0 Å². The lowest BCUT2D eigenvalue weighted by molar-refractivity contribution is 1.01. The van der Waals surface area contributed by atoms with Crippen molar-refractivity contribution in [2.75, 3.05) is 0 Å². The second-order valence-corrected chi connectivity index (χ2v) is 3.80. The molecule has 0 unspecified atom stereocenters. The summed E-state index contributed by atoms with van der Waals surface area (Å²) < 4.78 is 0. The number of nitrogens with zero attached hydrogens (tertiary/aromatic N) is 1. The Labute approximate surface area is 84.2 Å². The fourth-order valence-corrected chi connectivity index (χ4v) is 1.73. The standard InChI is InChI=1S/C10H9N3O2/c14-9-10(15)13-8-6(12-9)3-4-11-7(8)5-1-2-5/h3-5H,1-2H2,(H,12,14)(H,13,15). The Bertz CT molecular complexity index is 637. The maximum atomic E-state index is 11.2. The van der Waals surface area contributed by atoms with Crippen LogP contribution < -0.4 is 11.1 Å². The molecular weight excluding hydrogens is 194 g/mol. The lowest BCUT2D eigenvalue weighted by atomic mass is 10.2. The highest BCUT2D eigenvalue weighted by Crippen LogP contribution is 2.40. The van der Waals surface area contributed by atoms with Gasteiger partial charge in [-0.1, -0.05) is 0 Å². The molecule has 0 amide bonds. The maximum Gasteiger partial charge on any atom is 0.314 e. The van der Waals surface area contributed by atoms with Gasteiger partial charge < -0.3 is 9.97 Å². The van der Waals surface area contributed by atoms with Crippen LogP contribution in [-0.4, -0.2) is 15.0 Å². The largest absolute Gasteiger partial charge is 0.316 e. The third-order valence-corrected chi connectivity index (χ3v) is 2.64. The second kappa shape index (κ2) is 2.79. The number of pyridine rings is 1. The lowest BCUT2D eigenvalue weighted by Gasteiger charge is -2.02. The minimum atomic E-state index is -0.615. The highest BCUT2D eigenvalue weighted by molar-refractivity contribution is 5.76. The molecule has 5 nitrogen and oxygen atoms in total. The normalized spacial score (nSPS) is 15.7. The van der Waals surface area contributed by atoms with Crippen LogP contribution in [0.3, 0.4) is 0 Å². The van der Waals surface area contributed by atoms with Crippen molar-refractivity contribution in [3.05, 3.63) is 38.7 Å². The van der Waals surface area contributed by atoms with Gasteiger partial charge in [-0.05, 0) is 18.9 Å². The predicted molar refractivity (Wildman–Crippen MR) is 55.0 cm³/mol. The zero-order valence-electron chi connectivity index (χ0n) is 7.91. The van der Waals surface area contributed by atoms with E-state index in [1.807, 2.05) is 0 Å². The van der Waals surface area contributed by atoms with E-state index in [1.165, 1.54) is 0 Å². The lowest BCUT2D eigenvalue weighted by Crippen LogP contribution is -2.29. The Morgan fingerprint density at radius 3 is 2.67 bits per heavy atom. The summed E-state index contributed by atoms with van der Waals surface area (Å²) in [5, 5.41) is 0. The molecular formula is C10H9N3O2. The molecule has 5 heteroatoms. The summed E-state index contributed by atoms with van der Waals surface area (Å²) >= 11 is 0. The maximum absolute atomic E-state index is 11.2. The van der Waals surface area contributed by atoms with Gasteiger partial charge in [0.05, 0.1) is 16.7 Å². The fourth-order valence-electron chi connectivity index (χ4n) is 1.73. The molecule has 76 valence electrons. The van der Waals surface area contributed by atoms with Crippen LogP contribution in [0.25, 0.3) is 11.0 Å². The first-order valence-corrected chi connectivity index (χ1v) is 4.87. The molecule has 2 N–H and O–H groups in total. The van der Waals surface area contributed by atoms with Crippen molar-refractivity contribution in [3.8, 4) is 0 Å². The Balaban J connectivity index is 2.42. The average Bonchev–Trinajstić information content (AvgIpc) is 3.02. The summed E-state index contributed by atoms with van der Waals surface area (Å²) in [5.74, 6) is 0.440. The quantitative estimate of drug-likeness (QED) is 0.662. The summed E-state index contributed by atoms with van der Waals surface area (Å²) in [6.07, 6.45) is 3.87. The van der Waals surface area contributed by atoms with E-state index in [0.29, 0.717) is 17.0 Å². The Kier molecular flexibility index (Phi) is 1.56. The van der Waals surface area contributed by atoms with Crippen molar-refractivity contribution in [1.29, 1.82) is 0 Å². The van der Waals surface area contributed by atoms with Crippen LogP contribution in [0, 0.1) is 0 Å². The van der Waals surface area contributed by atoms with Gasteiger partial charge in [0.1, 0.15) is 0 Å². The van der Waals surface area contributed by atoms with Crippen LogP contribution in [0.15, 0.2) is 21.9 Å². The molecule has 2 heterocycles. The van der Waals surface area contributed by atoms with Crippen molar-refractivity contribution in [2.45, 2.75) is 18.8 Å². The van der Waals surface area contributed by atoms with Crippen molar-refractivity contribution >= 4 is 11.0 Å². The molecule has 0 aliphatic heterocycles. The molecule has 1 aliphatic rings. The molecule has 1 saturated carbocycles. The highest BCUT2D eigenvalue weighted by atomic mass is 16.2. The van der Waals surface area contributed by atoms with Crippen LogP contribution in [0.1, 0.15) is 24.5 Å². The first-order valence-electron chi connectivity index (χ1n) is 4.87. The SMILES string of the molecule is O=c1[nH]c2ccnc(C3CC3)c2[nH]c1=O. The molecule has 2 aromatic rings. The molecule has 15 heavy (non-hydrogen) atoms. The Morgan fingerprint density at radius 1 is 1.20 bits per heavy atom. The third kappa shape index (κ3) is 1.27. The van der Waals surface area contributed by atoms with Gasteiger partial charge in [0, 0.05) is 12.1 Å². The molecule has 1 aliphatic carbocycles. The third-order valence-electron chi connectivity index (χ3n) is 2.64. The van der Waals surface area contributed by atoms with E-state index in [0.717, 1.165) is 18.5 Å². The van der Waals surface area contributed by atoms with E-state index in [1.54, 1.807) is 12.3 Å². The van der Waals surface area contributed by atoms with E-state index in [9.17, 15) is 9.59 Å². The Hall–Kier alpha value is -1.91. The molecule has 0 bridgehead atoms. The highest BCUT2D eigenvalue weighted by Gasteiger charge is 2.27. The molecule has 0 radical (unpaired) electrons. The first-order chi connectivity index (χ1) is 7.25. The van der Waals surface area contributed by atoms with Crippen molar-refractivity contribution < 1.29 is 0 Å². The van der Waals surface area contributed by atoms with Gasteiger partial charge in [0.25, 0.3) is 0 Å². The number of nitrogens with one attached hydrogen (secondary N) is 2. The van der Waals surface area contributed by atoms with Crippen LogP contribution in [0.2, 0.25) is 0 Å². The van der Waals surface area contributed by atoms with E-state index in [4.69, 9.17) is 0 Å².